The van der Waals surface area contributed by atoms with Gasteiger partial charge in [-0.25, -0.2) is 0 Å². The second-order valence-corrected chi connectivity index (χ2v) is 4.79. The number of likely N-dealkylation sites (tertiary alicyclic amines) is 1. The molecular formula is C15H18N2O2. The van der Waals surface area contributed by atoms with Crippen molar-refractivity contribution in [3.05, 3.63) is 35.9 Å². The number of esters is 1. The molecule has 0 amide bonds. The molecule has 1 heterocycles. The first-order valence-corrected chi connectivity index (χ1v) is 6.50. The molecule has 1 aromatic carbocycles. The largest absolute Gasteiger partial charge is 0.469 e. The van der Waals surface area contributed by atoms with Gasteiger partial charge in [0.25, 0.3) is 0 Å². The average Bonchev–Trinajstić information content (AvgIpc) is 2.94. The first-order chi connectivity index (χ1) is 9.26. The van der Waals surface area contributed by atoms with Gasteiger partial charge in [-0.05, 0) is 18.5 Å². The highest BCUT2D eigenvalue weighted by Crippen LogP contribution is 2.30. The Morgan fingerprint density at radius 3 is 2.89 bits per heavy atom. The third-order valence-electron chi connectivity index (χ3n) is 3.66. The number of rotatable bonds is 4. The highest BCUT2D eigenvalue weighted by atomic mass is 16.5. The molecule has 0 aliphatic carbocycles. The molecule has 19 heavy (non-hydrogen) atoms. The lowest BCUT2D eigenvalue weighted by Gasteiger charge is -2.26. The Bertz CT molecular complexity index is 467. The maximum Gasteiger partial charge on any atom is 0.310 e. The summed E-state index contributed by atoms with van der Waals surface area (Å²) >= 11 is 0. The normalized spacial score (nSPS) is 20.7. The molecule has 4 heteroatoms. The molecule has 1 aliphatic rings. The van der Waals surface area contributed by atoms with Crippen LogP contribution in [0.2, 0.25) is 0 Å². The van der Waals surface area contributed by atoms with Crippen LogP contribution in [-0.2, 0) is 9.53 Å². The van der Waals surface area contributed by atoms with E-state index in [2.05, 4.69) is 11.0 Å². The summed E-state index contributed by atoms with van der Waals surface area (Å²) < 4.78 is 4.80. The molecule has 0 aromatic heterocycles. The summed E-state index contributed by atoms with van der Waals surface area (Å²) in [4.78, 5) is 13.8. The van der Waals surface area contributed by atoms with Crippen LogP contribution < -0.4 is 0 Å². The highest BCUT2D eigenvalue weighted by Gasteiger charge is 2.33. The minimum Gasteiger partial charge on any atom is -0.469 e. The Labute approximate surface area is 113 Å². The van der Waals surface area contributed by atoms with E-state index in [1.54, 1.807) is 0 Å². The Morgan fingerprint density at radius 2 is 2.26 bits per heavy atom. The van der Waals surface area contributed by atoms with E-state index in [4.69, 9.17) is 10.00 Å². The summed E-state index contributed by atoms with van der Waals surface area (Å²) in [5, 5.41) is 9.01. The molecule has 2 rings (SSSR count). The molecule has 4 nitrogen and oxygen atoms in total. The Hall–Kier alpha value is -1.86. The van der Waals surface area contributed by atoms with Gasteiger partial charge in [-0.15, -0.1) is 0 Å². The fourth-order valence-electron chi connectivity index (χ4n) is 2.65. The first-order valence-electron chi connectivity index (χ1n) is 6.50. The van der Waals surface area contributed by atoms with Gasteiger partial charge in [-0.3, -0.25) is 9.69 Å². The molecule has 0 saturated carbocycles. The van der Waals surface area contributed by atoms with Crippen molar-refractivity contribution in [3.8, 4) is 6.07 Å². The summed E-state index contributed by atoms with van der Waals surface area (Å²) in [6.45, 7) is 1.51. The summed E-state index contributed by atoms with van der Waals surface area (Å²) in [6.07, 6.45) is 1.25. The molecule has 0 N–H and O–H groups in total. The van der Waals surface area contributed by atoms with Gasteiger partial charge in [0, 0.05) is 12.6 Å². The summed E-state index contributed by atoms with van der Waals surface area (Å²) in [6, 6.07) is 12.3. The predicted octanol–water partition coefficient (Wildman–Crippen LogP) is 2.14. The number of benzene rings is 1. The van der Waals surface area contributed by atoms with Crippen molar-refractivity contribution >= 4 is 5.97 Å². The highest BCUT2D eigenvalue weighted by molar-refractivity contribution is 5.72. The minimum atomic E-state index is -0.147. The van der Waals surface area contributed by atoms with Crippen molar-refractivity contribution in [1.82, 2.24) is 4.90 Å². The van der Waals surface area contributed by atoms with E-state index >= 15 is 0 Å². The summed E-state index contributed by atoms with van der Waals surface area (Å²) in [5.41, 5.74) is 1.13. The summed E-state index contributed by atoms with van der Waals surface area (Å²) in [7, 11) is 1.43. The zero-order valence-electron chi connectivity index (χ0n) is 11.1. The molecule has 2 unspecified atom stereocenters. The fraction of sp³-hybridized carbons (Fsp3) is 0.467. The number of methoxy groups -OCH3 is 1. The maximum absolute atomic E-state index is 11.6. The Balaban J connectivity index is 2.10. The zero-order valence-corrected chi connectivity index (χ0v) is 11.1. The molecular weight excluding hydrogens is 240 g/mol. The minimum absolute atomic E-state index is 0.0603. The fourth-order valence-corrected chi connectivity index (χ4v) is 2.65. The van der Waals surface area contributed by atoms with Gasteiger partial charge in [-0.1, -0.05) is 30.3 Å². The van der Waals surface area contributed by atoms with E-state index in [1.165, 1.54) is 7.11 Å². The standard InChI is InChI=1S/C15H18N2O2/c1-19-15(18)13-8-10-17(11-13)14(7-9-16)12-5-3-2-4-6-12/h2-6,13-14H,7-8,10-11H2,1H3. The van der Waals surface area contributed by atoms with Crippen LogP contribution in [0.5, 0.6) is 0 Å². The molecule has 100 valence electrons. The average molecular weight is 258 g/mol. The SMILES string of the molecule is COC(=O)C1CCN(C(CC#N)c2ccccc2)C1. The van der Waals surface area contributed by atoms with E-state index < -0.39 is 0 Å². The number of hydrogen-bond donors (Lipinski definition) is 0. The Kier molecular flexibility index (Phi) is 4.53. The molecule has 0 bridgehead atoms. The van der Waals surface area contributed by atoms with Crippen LogP contribution in [0.1, 0.15) is 24.4 Å². The van der Waals surface area contributed by atoms with Gasteiger partial charge in [0.1, 0.15) is 0 Å². The van der Waals surface area contributed by atoms with Gasteiger partial charge in [0.05, 0.1) is 25.5 Å². The van der Waals surface area contributed by atoms with Crippen molar-refractivity contribution in [2.45, 2.75) is 18.9 Å². The van der Waals surface area contributed by atoms with Crippen molar-refractivity contribution < 1.29 is 9.53 Å². The van der Waals surface area contributed by atoms with E-state index in [9.17, 15) is 4.79 Å². The van der Waals surface area contributed by atoms with Crippen LogP contribution in [0.15, 0.2) is 30.3 Å². The van der Waals surface area contributed by atoms with Gasteiger partial charge in [0.15, 0.2) is 0 Å². The third kappa shape index (κ3) is 3.12. The number of carbonyl (C=O) groups is 1. The van der Waals surface area contributed by atoms with Gasteiger partial charge >= 0.3 is 5.97 Å². The van der Waals surface area contributed by atoms with Crippen LogP contribution in [-0.4, -0.2) is 31.1 Å². The quantitative estimate of drug-likeness (QED) is 0.776. The van der Waals surface area contributed by atoms with Crippen molar-refractivity contribution in [1.29, 1.82) is 5.26 Å². The predicted molar refractivity (Wildman–Crippen MR) is 71.1 cm³/mol. The van der Waals surface area contributed by atoms with E-state index in [0.717, 1.165) is 18.5 Å². The van der Waals surface area contributed by atoms with Crippen molar-refractivity contribution in [2.24, 2.45) is 5.92 Å². The monoisotopic (exact) mass is 258 g/mol. The topological polar surface area (TPSA) is 53.3 Å². The van der Waals surface area contributed by atoms with Gasteiger partial charge in [-0.2, -0.15) is 5.26 Å². The first kappa shape index (κ1) is 13.6. The van der Waals surface area contributed by atoms with Crippen LogP contribution in [0, 0.1) is 17.2 Å². The van der Waals surface area contributed by atoms with Crippen LogP contribution >= 0.6 is 0 Å². The summed E-state index contributed by atoms with van der Waals surface area (Å²) in [5.74, 6) is -0.207. The van der Waals surface area contributed by atoms with Gasteiger partial charge < -0.3 is 4.74 Å². The second kappa shape index (κ2) is 6.35. The van der Waals surface area contributed by atoms with E-state index in [-0.39, 0.29) is 17.9 Å². The molecule has 1 aliphatic heterocycles. The molecule has 1 fully saturated rings. The smallest absolute Gasteiger partial charge is 0.310 e. The number of hydrogen-bond acceptors (Lipinski definition) is 4. The maximum atomic E-state index is 11.6. The number of ether oxygens (including phenoxy) is 1. The number of nitriles is 1. The van der Waals surface area contributed by atoms with Crippen LogP contribution in [0.4, 0.5) is 0 Å². The lowest BCUT2D eigenvalue weighted by Crippen LogP contribution is -2.28. The Morgan fingerprint density at radius 1 is 1.53 bits per heavy atom. The lowest BCUT2D eigenvalue weighted by molar-refractivity contribution is -0.145. The van der Waals surface area contributed by atoms with Gasteiger partial charge in [0.2, 0.25) is 0 Å². The molecule has 0 radical (unpaired) electrons. The van der Waals surface area contributed by atoms with E-state index in [1.807, 2.05) is 30.3 Å². The molecule has 0 spiro atoms. The van der Waals surface area contributed by atoms with E-state index in [0.29, 0.717) is 13.0 Å². The van der Waals surface area contributed by atoms with Crippen LogP contribution in [0.25, 0.3) is 0 Å². The zero-order chi connectivity index (χ0) is 13.7. The molecule has 1 aromatic rings. The molecule has 2 atom stereocenters. The second-order valence-electron chi connectivity index (χ2n) is 4.79. The third-order valence-corrected chi connectivity index (χ3v) is 3.66. The van der Waals surface area contributed by atoms with Crippen molar-refractivity contribution in [3.63, 3.8) is 0 Å². The number of nitrogens with zero attached hydrogens (tertiary/aromatic N) is 2. The number of carbonyl (C=O) groups excluding carboxylic acids is 1. The lowest BCUT2D eigenvalue weighted by atomic mass is 10.0. The van der Waals surface area contributed by atoms with Crippen LogP contribution in [0.3, 0.4) is 0 Å². The van der Waals surface area contributed by atoms with Crippen molar-refractivity contribution in [2.75, 3.05) is 20.2 Å². The molecule has 1 saturated heterocycles.